The van der Waals surface area contributed by atoms with Gasteiger partial charge in [-0.1, -0.05) is 19.8 Å². The normalized spacial score (nSPS) is 22.6. The minimum absolute atomic E-state index is 0.974. The van der Waals surface area contributed by atoms with Crippen LogP contribution in [0.3, 0.4) is 0 Å². The van der Waals surface area contributed by atoms with Gasteiger partial charge in [-0.25, -0.2) is 0 Å². The zero-order valence-electron chi connectivity index (χ0n) is 13.6. The van der Waals surface area contributed by atoms with Crippen LogP contribution in [0, 0.1) is 5.92 Å². The number of piperidine rings is 1. The number of nitrogens with one attached hydrogen (secondary N) is 1. The third-order valence-corrected chi connectivity index (χ3v) is 4.98. The summed E-state index contributed by atoms with van der Waals surface area (Å²) < 4.78 is 0. The molecule has 0 unspecified atom stereocenters. The van der Waals surface area contributed by atoms with Crippen LogP contribution in [0.15, 0.2) is 0 Å². The monoisotopic (exact) mass is 281 g/mol. The lowest BCUT2D eigenvalue weighted by atomic mass is 9.96. The number of hydrogen-bond acceptors (Lipinski definition) is 3. The highest BCUT2D eigenvalue weighted by atomic mass is 15.2. The van der Waals surface area contributed by atoms with Gasteiger partial charge in [0.15, 0.2) is 0 Å². The standard InChI is InChI=1S/C17H35N3/c1-2-3-4-9-18-10-15-19-13-7-17(8-14-19)16-20-11-5-6-12-20/h17-18H,2-16H2,1H3. The van der Waals surface area contributed by atoms with Gasteiger partial charge < -0.3 is 15.1 Å². The smallest absolute Gasteiger partial charge is 0.0107 e. The lowest BCUT2D eigenvalue weighted by molar-refractivity contribution is 0.154. The molecule has 2 aliphatic rings. The molecule has 0 aromatic carbocycles. The molecule has 3 heteroatoms. The van der Waals surface area contributed by atoms with Crippen LogP contribution in [0.4, 0.5) is 0 Å². The molecule has 0 aromatic rings. The van der Waals surface area contributed by atoms with Gasteiger partial charge in [0, 0.05) is 19.6 Å². The molecule has 2 aliphatic heterocycles. The van der Waals surface area contributed by atoms with Crippen molar-refractivity contribution < 1.29 is 0 Å². The van der Waals surface area contributed by atoms with Gasteiger partial charge in [0.2, 0.25) is 0 Å². The first-order valence-electron chi connectivity index (χ1n) is 9.04. The molecule has 0 spiro atoms. The average Bonchev–Trinajstić information content (AvgIpc) is 2.97. The molecule has 20 heavy (non-hydrogen) atoms. The van der Waals surface area contributed by atoms with E-state index in [1.54, 1.807) is 0 Å². The minimum atomic E-state index is 0.974. The minimum Gasteiger partial charge on any atom is -0.315 e. The molecule has 3 nitrogen and oxygen atoms in total. The van der Waals surface area contributed by atoms with Crippen molar-refractivity contribution in [3.63, 3.8) is 0 Å². The summed E-state index contributed by atoms with van der Waals surface area (Å²) in [4.78, 5) is 5.35. The molecule has 2 saturated heterocycles. The summed E-state index contributed by atoms with van der Waals surface area (Å²) in [6.45, 7) is 12.7. The number of rotatable bonds is 9. The topological polar surface area (TPSA) is 18.5 Å². The van der Waals surface area contributed by atoms with E-state index in [0.29, 0.717) is 0 Å². The quantitative estimate of drug-likeness (QED) is 0.655. The molecular weight excluding hydrogens is 246 g/mol. The lowest BCUT2D eigenvalue weighted by Gasteiger charge is -2.33. The fraction of sp³-hybridized carbons (Fsp3) is 1.00. The van der Waals surface area contributed by atoms with E-state index in [4.69, 9.17) is 0 Å². The van der Waals surface area contributed by atoms with Crippen molar-refractivity contribution in [3.8, 4) is 0 Å². The van der Waals surface area contributed by atoms with E-state index in [1.807, 2.05) is 0 Å². The van der Waals surface area contributed by atoms with Crippen LogP contribution in [-0.4, -0.2) is 62.2 Å². The first-order valence-corrected chi connectivity index (χ1v) is 9.04. The Balaban J connectivity index is 1.46. The number of unbranched alkanes of at least 4 members (excludes halogenated alkanes) is 2. The van der Waals surface area contributed by atoms with E-state index >= 15 is 0 Å². The van der Waals surface area contributed by atoms with Gasteiger partial charge in [0.25, 0.3) is 0 Å². The largest absolute Gasteiger partial charge is 0.315 e. The predicted octanol–water partition coefficient (Wildman–Crippen LogP) is 2.57. The highest BCUT2D eigenvalue weighted by Gasteiger charge is 2.22. The van der Waals surface area contributed by atoms with E-state index in [1.165, 1.54) is 97.3 Å². The van der Waals surface area contributed by atoms with Crippen LogP contribution in [0.1, 0.15) is 51.9 Å². The lowest BCUT2D eigenvalue weighted by Crippen LogP contribution is -2.41. The van der Waals surface area contributed by atoms with Crippen LogP contribution in [0.5, 0.6) is 0 Å². The van der Waals surface area contributed by atoms with Gasteiger partial charge >= 0.3 is 0 Å². The second-order valence-corrected chi connectivity index (χ2v) is 6.75. The Morgan fingerprint density at radius 2 is 1.65 bits per heavy atom. The molecule has 0 amide bonds. The van der Waals surface area contributed by atoms with Crippen molar-refractivity contribution in [2.24, 2.45) is 5.92 Å². The summed E-state index contributed by atoms with van der Waals surface area (Å²) in [5.41, 5.74) is 0. The maximum absolute atomic E-state index is 3.59. The molecule has 0 aromatic heterocycles. The Bertz CT molecular complexity index is 230. The van der Waals surface area contributed by atoms with Gasteiger partial charge in [0.05, 0.1) is 0 Å². The van der Waals surface area contributed by atoms with Gasteiger partial charge in [0.1, 0.15) is 0 Å². The Kier molecular flexibility index (Phi) is 7.92. The van der Waals surface area contributed by atoms with Crippen molar-refractivity contribution in [1.29, 1.82) is 0 Å². The predicted molar refractivity (Wildman–Crippen MR) is 87.2 cm³/mol. The maximum atomic E-state index is 3.59. The molecule has 1 N–H and O–H groups in total. The highest BCUT2D eigenvalue weighted by Crippen LogP contribution is 2.20. The molecule has 0 radical (unpaired) electrons. The highest BCUT2D eigenvalue weighted by molar-refractivity contribution is 4.77. The van der Waals surface area contributed by atoms with Crippen LogP contribution in [0.2, 0.25) is 0 Å². The van der Waals surface area contributed by atoms with Crippen LogP contribution >= 0.6 is 0 Å². The third kappa shape index (κ3) is 6.11. The summed E-state index contributed by atoms with van der Waals surface area (Å²) in [5, 5.41) is 3.59. The van der Waals surface area contributed by atoms with E-state index in [0.717, 1.165) is 5.92 Å². The van der Waals surface area contributed by atoms with Crippen molar-refractivity contribution in [1.82, 2.24) is 15.1 Å². The van der Waals surface area contributed by atoms with E-state index in [9.17, 15) is 0 Å². The summed E-state index contributed by atoms with van der Waals surface area (Å²) in [5.74, 6) is 0.974. The van der Waals surface area contributed by atoms with Gasteiger partial charge in [-0.15, -0.1) is 0 Å². The molecule has 2 heterocycles. The Morgan fingerprint density at radius 1 is 0.900 bits per heavy atom. The van der Waals surface area contributed by atoms with Gasteiger partial charge in [-0.3, -0.25) is 0 Å². The second-order valence-electron chi connectivity index (χ2n) is 6.75. The SMILES string of the molecule is CCCCCNCCN1CCC(CN2CCCC2)CC1. The molecule has 0 bridgehead atoms. The van der Waals surface area contributed by atoms with Gasteiger partial charge in [-0.2, -0.15) is 0 Å². The maximum Gasteiger partial charge on any atom is 0.0107 e. The van der Waals surface area contributed by atoms with Crippen molar-refractivity contribution >= 4 is 0 Å². The molecule has 118 valence electrons. The van der Waals surface area contributed by atoms with Crippen molar-refractivity contribution in [2.75, 3.05) is 52.4 Å². The summed E-state index contributed by atoms with van der Waals surface area (Å²) in [6.07, 6.45) is 9.75. The van der Waals surface area contributed by atoms with Crippen molar-refractivity contribution in [2.45, 2.75) is 51.9 Å². The van der Waals surface area contributed by atoms with Crippen molar-refractivity contribution in [3.05, 3.63) is 0 Å². The summed E-state index contributed by atoms with van der Waals surface area (Å²) in [7, 11) is 0. The van der Waals surface area contributed by atoms with E-state index in [-0.39, 0.29) is 0 Å². The zero-order chi connectivity index (χ0) is 14.0. The fourth-order valence-corrected chi connectivity index (χ4v) is 3.59. The van der Waals surface area contributed by atoms with E-state index < -0.39 is 0 Å². The Labute approximate surface area is 126 Å². The van der Waals surface area contributed by atoms with Crippen LogP contribution < -0.4 is 5.32 Å². The summed E-state index contributed by atoms with van der Waals surface area (Å²) >= 11 is 0. The van der Waals surface area contributed by atoms with E-state index in [2.05, 4.69) is 22.0 Å². The van der Waals surface area contributed by atoms with Gasteiger partial charge in [-0.05, 0) is 70.7 Å². The number of hydrogen-bond donors (Lipinski definition) is 1. The number of nitrogens with zero attached hydrogens (tertiary/aromatic N) is 2. The molecule has 2 rings (SSSR count). The molecule has 0 atom stereocenters. The first kappa shape index (κ1) is 16.3. The molecular formula is C17H35N3. The number of likely N-dealkylation sites (tertiary alicyclic amines) is 2. The van der Waals surface area contributed by atoms with Crippen LogP contribution in [-0.2, 0) is 0 Å². The molecule has 0 aliphatic carbocycles. The Hall–Kier alpha value is -0.120. The fourth-order valence-electron chi connectivity index (χ4n) is 3.59. The van der Waals surface area contributed by atoms with Crippen LogP contribution in [0.25, 0.3) is 0 Å². The summed E-state index contributed by atoms with van der Waals surface area (Å²) in [6, 6.07) is 0. The third-order valence-electron chi connectivity index (χ3n) is 4.98. The first-order chi connectivity index (χ1) is 9.88. The second kappa shape index (κ2) is 9.75. The molecule has 0 saturated carbocycles. The average molecular weight is 281 g/mol. The molecule has 2 fully saturated rings. The Morgan fingerprint density at radius 3 is 2.35 bits per heavy atom. The zero-order valence-corrected chi connectivity index (χ0v) is 13.6.